The molecule has 1 aliphatic heterocycles. The molecule has 22 heavy (non-hydrogen) atoms. The Labute approximate surface area is 132 Å². The van der Waals surface area contributed by atoms with Crippen LogP contribution in [0.5, 0.6) is 0 Å². The number of ether oxygens (including phenoxy) is 1. The van der Waals surface area contributed by atoms with Gasteiger partial charge in [-0.05, 0) is 31.4 Å². The van der Waals surface area contributed by atoms with E-state index in [1.54, 1.807) is 10.9 Å². The van der Waals surface area contributed by atoms with Gasteiger partial charge in [0.05, 0.1) is 25.3 Å². The molecule has 1 amide bonds. The van der Waals surface area contributed by atoms with E-state index in [9.17, 15) is 4.79 Å². The number of likely N-dealkylation sites (N-methyl/N-ethyl adjacent to an activating group) is 1. The van der Waals surface area contributed by atoms with Crippen molar-refractivity contribution in [2.45, 2.75) is 25.4 Å². The van der Waals surface area contributed by atoms with Crippen LogP contribution in [0.2, 0.25) is 0 Å². The highest BCUT2D eigenvalue weighted by atomic mass is 16.5. The minimum atomic E-state index is 0.135. The number of morpholine rings is 1. The molecule has 2 fully saturated rings. The number of nitrogens with zero attached hydrogens (tertiary/aromatic N) is 4. The van der Waals surface area contributed by atoms with Crippen LogP contribution in [0.4, 0.5) is 0 Å². The molecular formula is C16H26N4O2. The SMILES string of the molecule is CN1CCO[C@H](CN(CC2CC2)C(=O)Cc2cnn(C)c2)C1. The Bertz CT molecular complexity index is 512. The van der Waals surface area contributed by atoms with Crippen LogP contribution in [0, 0.1) is 5.92 Å². The van der Waals surface area contributed by atoms with Crippen LogP contribution in [0.3, 0.4) is 0 Å². The first kappa shape index (κ1) is 15.5. The standard InChI is InChI=1S/C16H26N4O2/c1-18-5-6-22-15(11-18)12-20(10-13-3-4-13)16(21)7-14-8-17-19(2)9-14/h8-9,13,15H,3-7,10-12H2,1-2H3/t15-/m0/s1. The van der Waals surface area contributed by atoms with Crippen molar-refractivity contribution in [1.29, 1.82) is 0 Å². The lowest BCUT2D eigenvalue weighted by atomic mass is 10.2. The zero-order chi connectivity index (χ0) is 15.5. The normalized spacial score (nSPS) is 22.7. The number of aromatic nitrogens is 2. The lowest BCUT2D eigenvalue weighted by Crippen LogP contribution is -2.48. The third kappa shape index (κ3) is 4.30. The van der Waals surface area contributed by atoms with Crippen molar-refractivity contribution in [3.05, 3.63) is 18.0 Å². The Morgan fingerprint density at radius 1 is 1.41 bits per heavy atom. The van der Waals surface area contributed by atoms with E-state index >= 15 is 0 Å². The first-order valence-corrected chi connectivity index (χ1v) is 8.15. The molecule has 0 unspecified atom stereocenters. The van der Waals surface area contributed by atoms with Crippen LogP contribution in [0.1, 0.15) is 18.4 Å². The first-order chi connectivity index (χ1) is 10.6. The van der Waals surface area contributed by atoms with E-state index in [4.69, 9.17) is 4.74 Å². The zero-order valence-corrected chi connectivity index (χ0v) is 13.6. The summed E-state index contributed by atoms with van der Waals surface area (Å²) in [6.07, 6.45) is 6.76. The summed E-state index contributed by atoms with van der Waals surface area (Å²) >= 11 is 0. The van der Waals surface area contributed by atoms with Crippen LogP contribution in [-0.4, -0.2) is 71.4 Å². The highest BCUT2D eigenvalue weighted by molar-refractivity contribution is 5.78. The Hall–Kier alpha value is -1.40. The molecule has 2 aliphatic rings. The molecule has 0 N–H and O–H groups in total. The summed E-state index contributed by atoms with van der Waals surface area (Å²) < 4.78 is 7.58. The van der Waals surface area contributed by atoms with Gasteiger partial charge in [0, 0.05) is 39.4 Å². The highest BCUT2D eigenvalue weighted by Gasteiger charge is 2.29. The molecule has 0 spiro atoms. The summed E-state index contributed by atoms with van der Waals surface area (Å²) in [5.41, 5.74) is 0.981. The fraction of sp³-hybridized carbons (Fsp3) is 0.750. The van der Waals surface area contributed by atoms with Crippen molar-refractivity contribution in [2.75, 3.05) is 39.8 Å². The zero-order valence-electron chi connectivity index (χ0n) is 13.6. The van der Waals surface area contributed by atoms with Gasteiger partial charge in [-0.25, -0.2) is 0 Å². The predicted octanol–water partition coefficient (Wildman–Crippen LogP) is 0.532. The van der Waals surface area contributed by atoms with Gasteiger partial charge in [0.2, 0.25) is 5.91 Å². The van der Waals surface area contributed by atoms with Crippen LogP contribution in [-0.2, 0) is 23.0 Å². The predicted molar refractivity (Wildman–Crippen MR) is 83.5 cm³/mol. The average molecular weight is 306 g/mol. The van der Waals surface area contributed by atoms with Crippen molar-refractivity contribution >= 4 is 5.91 Å². The second-order valence-electron chi connectivity index (χ2n) is 6.70. The van der Waals surface area contributed by atoms with Crippen LogP contribution in [0.15, 0.2) is 12.4 Å². The van der Waals surface area contributed by atoms with Crippen LogP contribution >= 0.6 is 0 Å². The lowest BCUT2D eigenvalue weighted by Gasteiger charge is -2.34. The van der Waals surface area contributed by atoms with Crippen molar-refractivity contribution < 1.29 is 9.53 Å². The molecule has 3 rings (SSSR count). The van der Waals surface area contributed by atoms with Gasteiger partial charge < -0.3 is 14.5 Å². The van der Waals surface area contributed by atoms with Gasteiger partial charge in [-0.3, -0.25) is 9.48 Å². The second-order valence-corrected chi connectivity index (χ2v) is 6.70. The van der Waals surface area contributed by atoms with E-state index in [0.717, 1.165) is 31.8 Å². The highest BCUT2D eigenvalue weighted by Crippen LogP contribution is 2.30. The second kappa shape index (κ2) is 6.79. The van der Waals surface area contributed by atoms with Gasteiger partial charge in [0.1, 0.15) is 0 Å². The molecule has 1 atom stereocenters. The first-order valence-electron chi connectivity index (χ1n) is 8.15. The fourth-order valence-corrected chi connectivity index (χ4v) is 2.96. The Morgan fingerprint density at radius 3 is 2.86 bits per heavy atom. The summed E-state index contributed by atoms with van der Waals surface area (Å²) in [6.45, 7) is 4.22. The van der Waals surface area contributed by atoms with Crippen molar-refractivity contribution in [2.24, 2.45) is 13.0 Å². The largest absolute Gasteiger partial charge is 0.374 e. The Balaban J connectivity index is 1.59. The maximum absolute atomic E-state index is 12.7. The summed E-state index contributed by atoms with van der Waals surface area (Å²) in [4.78, 5) is 16.9. The molecule has 0 radical (unpaired) electrons. The minimum Gasteiger partial charge on any atom is -0.374 e. The van der Waals surface area contributed by atoms with Crippen molar-refractivity contribution in [3.8, 4) is 0 Å². The van der Waals surface area contributed by atoms with Gasteiger partial charge in [0.25, 0.3) is 0 Å². The van der Waals surface area contributed by atoms with Gasteiger partial charge in [0.15, 0.2) is 0 Å². The summed E-state index contributed by atoms with van der Waals surface area (Å²) in [5.74, 6) is 0.885. The van der Waals surface area contributed by atoms with E-state index in [-0.39, 0.29) is 12.0 Å². The molecule has 1 saturated heterocycles. The number of hydrogen-bond acceptors (Lipinski definition) is 4. The smallest absolute Gasteiger partial charge is 0.227 e. The summed E-state index contributed by atoms with van der Waals surface area (Å²) in [5, 5.41) is 4.14. The molecule has 6 nitrogen and oxygen atoms in total. The monoisotopic (exact) mass is 306 g/mol. The van der Waals surface area contributed by atoms with Gasteiger partial charge >= 0.3 is 0 Å². The molecule has 0 aromatic carbocycles. The van der Waals surface area contributed by atoms with Gasteiger partial charge in [-0.15, -0.1) is 0 Å². The van der Waals surface area contributed by atoms with Gasteiger partial charge in [-0.2, -0.15) is 5.10 Å². The molecule has 2 heterocycles. The van der Waals surface area contributed by atoms with Gasteiger partial charge in [-0.1, -0.05) is 0 Å². The number of amides is 1. The number of hydrogen-bond donors (Lipinski definition) is 0. The summed E-state index contributed by atoms with van der Waals surface area (Å²) in [7, 11) is 3.99. The Morgan fingerprint density at radius 2 is 2.23 bits per heavy atom. The molecule has 0 bridgehead atoms. The Kier molecular flexibility index (Phi) is 4.78. The van der Waals surface area contributed by atoms with E-state index in [2.05, 4.69) is 17.0 Å². The molecule has 1 saturated carbocycles. The average Bonchev–Trinajstić information content (AvgIpc) is 3.20. The maximum atomic E-state index is 12.7. The van der Waals surface area contributed by atoms with Crippen molar-refractivity contribution in [3.63, 3.8) is 0 Å². The van der Waals surface area contributed by atoms with Crippen LogP contribution in [0.25, 0.3) is 0 Å². The fourth-order valence-electron chi connectivity index (χ4n) is 2.96. The quantitative estimate of drug-likeness (QED) is 0.769. The van der Waals surface area contributed by atoms with E-state index in [0.29, 0.717) is 18.9 Å². The minimum absolute atomic E-state index is 0.135. The number of carbonyl (C=O) groups is 1. The van der Waals surface area contributed by atoms with E-state index < -0.39 is 0 Å². The third-order valence-electron chi connectivity index (χ3n) is 4.41. The number of carbonyl (C=O) groups excluding carboxylic acids is 1. The lowest BCUT2D eigenvalue weighted by molar-refractivity contribution is -0.134. The number of rotatable bonds is 6. The van der Waals surface area contributed by atoms with E-state index in [1.165, 1.54) is 12.8 Å². The van der Waals surface area contributed by atoms with Crippen LogP contribution < -0.4 is 0 Å². The molecule has 1 aliphatic carbocycles. The van der Waals surface area contributed by atoms with E-state index in [1.807, 2.05) is 18.1 Å². The maximum Gasteiger partial charge on any atom is 0.227 e. The third-order valence-corrected chi connectivity index (χ3v) is 4.41. The molecule has 122 valence electrons. The summed E-state index contributed by atoms with van der Waals surface area (Å²) in [6, 6.07) is 0. The van der Waals surface area contributed by atoms with Crippen molar-refractivity contribution in [1.82, 2.24) is 19.6 Å². The molecule has 1 aromatic heterocycles. The topological polar surface area (TPSA) is 50.6 Å². The molecular weight excluding hydrogens is 280 g/mol. The molecule has 6 heteroatoms. The molecule has 1 aromatic rings. The number of aryl methyl sites for hydroxylation is 1.